The van der Waals surface area contributed by atoms with Gasteiger partial charge in [-0.05, 0) is 40.7 Å². The first kappa shape index (κ1) is 29.9. The molecule has 0 spiro atoms. The van der Waals surface area contributed by atoms with E-state index < -0.39 is 11.6 Å². The predicted molar refractivity (Wildman–Crippen MR) is 161 cm³/mol. The highest BCUT2D eigenvalue weighted by Crippen LogP contribution is 2.40. The number of hydrogen-bond donors (Lipinski definition) is 0. The van der Waals surface area contributed by atoms with Gasteiger partial charge in [-0.15, -0.1) is 0 Å². The fraction of sp³-hybridized carbons (Fsp3) is 0.250. The Balaban J connectivity index is 1.51. The van der Waals surface area contributed by atoms with E-state index in [-0.39, 0.29) is 18.8 Å². The zero-order valence-electron chi connectivity index (χ0n) is 23.7. The summed E-state index contributed by atoms with van der Waals surface area (Å²) < 4.78 is 23.6. The molecule has 4 rings (SSSR count). The van der Waals surface area contributed by atoms with Crippen LogP contribution in [0.1, 0.15) is 35.6 Å². The molecule has 0 unspecified atom stereocenters. The predicted octanol–water partition coefficient (Wildman–Crippen LogP) is 7.31. The summed E-state index contributed by atoms with van der Waals surface area (Å²) in [5, 5.41) is 0. The van der Waals surface area contributed by atoms with Crippen LogP contribution >= 0.6 is 0 Å². The van der Waals surface area contributed by atoms with Crippen LogP contribution in [-0.4, -0.2) is 32.6 Å². The Bertz CT molecular complexity index is 1230. The molecule has 0 bridgehead atoms. The lowest BCUT2D eigenvalue weighted by Crippen LogP contribution is -2.34. The molecule has 0 radical (unpaired) electrons. The van der Waals surface area contributed by atoms with Crippen LogP contribution < -0.4 is 0 Å². The van der Waals surface area contributed by atoms with Gasteiger partial charge in [0.2, 0.25) is 0 Å². The maximum Gasteiger partial charge on any atom is 0.330 e. The standard InChI is InChI=1S/C36H38O5/c1-29(34(23-24-35(37)38-2)40-28-39-27-30-15-7-3-8-16-30)25-26-41-36(31-17-9-4-10-18-31,32-19-11-5-12-20-32)33-21-13-6-14-22-33/h3-24,29,34H,25-28H2,1-2H3/b24-23+/t29-,34+/m0/s1. The van der Waals surface area contributed by atoms with Crippen LogP contribution in [0, 0.1) is 5.92 Å². The smallest absolute Gasteiger partial charge is 0.330 e. The highest BCUT2D eigenvalue weighted by Gasteiger charge is 2.37. The number of esters is 1. The normalized spacial score (nSPS) is 13.1. The largest absolute Gasteiger partial charge is 0.466 e. The van der Waals surface area contributed by atoms with Crippen molar-refractivity contribution in [3.63, 3.8) is 0 Å². The van der Waals surface area contributed by atoms with Crippen LogP contribution in [0.2, 0.25) is 0 Å². The average Bonchev–Trinajstić information content (AvgIpc) is 3.04. The molecule has 2 atom stereocenters. The number of hydrogen-bond acceptors (Lipinski definition) is 5. The van der Waals surface area contributed by atoms with Crippen molar-refractivity contribution in [2.45, 2.75) is 31.7 Å². The molecule has 0 aromatic heterocycles. The number of methoxy groups -OCH3 is 1. The van der Waals surface area contributed by atoms with E-state index in [1.165, 1.54) is 13.2 Å². The topological polar surface area (TPSA) is 54.0 Å². The molecule has 5 nitrogen and oxygen atoms in total. The van der Waals surface area contributed by atoms with E-state index in [0.717, 1.165) is 22.3 Å². The first-order valence-electron chi connectivity index (χ1n) is 13.9. The van der Waals surface area contributed by atoms with E-state index in [2.05, 4.69) is 43.3 Å². The summed E-state index contributed by atoms with van der Waals surface area (Å²) in [5.41, 5.74) is 3.44. The monoisotopic (exact) mass is 550 g/mol. The summed E-state index contributed by atoms with van der Waals surface area (Å²) in [5.74, 6) is -0.403. The molecule has 0 saturated carbocycles. The Labute approximate surface area is 243 Å². The minimum Gasteiger partial charge on any atom is -0.466 e. The van der Waals surface area contributed by atoms with Crippen molar-refractivity contribution in [2.75, 3.05) is 20.5 Å². The molecule has 0 heterocycles. The third-order valence-electron chi connectivity index (χ3n) is 7.07. The van der Waals surface area contributed by atoms with Gasteiger partial charge in [-0.1, -0.05) is 128 Å². The Kier molecular flexibility index (Phi) is 11.4. The van der Waals surface area contributed by atoms with Crippen molar-refractivity contribution in [2.24, 2.45) is 5.92 Å². The van der Waals surface area contributed by atoms with Crippen molar-refractivity contribution in [3.05, 3.63) is 156 Å². The van der Waals surface area contributed by atoms with Crippen LogP contribution in [0.25, 0.3) is 0 Å². The molecule has 0 saturated heterocycles. The number of ether oxygens (including phenoxy) is 4. The molecule has 41 heavy (non-hydrogen) atoms. The van der Waals surface area contributed by atoms with Crippen LogP contribution in [0.15, 0.2) is 133 Å². The zero-order chi connectivity index (χ0) is 28.8. The summed E-state index contributed by atoms with van der Waals surface area (Å²) >= 11 is 0. The highest BCUT2D eigenvalue weighted by atomic mass is 16.7. The molecule has 4 aromatic carbocycles. The van der Waals surface area contributed by atoms with Crippen molar-refractivity contribution >= 4 is 5.97 Å². The lowest BCUT2D eigenvalue weighted by molar-refractivity contribution is -0.135. The maximum absolute atomic E-state index is 11.8. The third-order valence-corrected chi connectivity index (χ3v) is 7.07. The molecular formula is C36H38O5. The van der Waals surface area contributed by atoms with Gasteiger partial charge in [-0.3, -0.25) is 0 Å². The lowest BCUT2D eigenvalue weighted by Gasteiger charge is -2.36. The molecule has 0 fully saturated rings. The van der Waals surface area contributed by atoms with Crippen molar-refractivity contribution in [3.8, 4) is 0 Å². The average molecular weight is 551 g/mol. The zero-order valence-corrected chi connectivity index (χ0v) is 23.7. The second kappa shape index (κ2) is 15.7. The molecule has 5 heteroatoms. The molecule has 0 amide bonds. The molecule has 0 aliphatic carbocycles. The van der Waals surface area contributed by atoms with Gasteiger partial charge >= 0.3 is 5.97 Å². The van der Waals surface area contributed by atoms with Gasteiger partial charge in [0.05, 0.1) is 19.8 Å². The van der Waals surface area contributed by atoms with Gasteiger partial charge in [0.1, 0.15) is 12.4 Å². The summed E-state index contributed by atoms with van der Waals surface area (Å²) in [6.45, 7) is 3.08. The maximum atomic E-state index is 11.8. The number of rotatable bonds is 15. The van der Waals surface area contributed by atoms with Gasteiger partial charge in [-0.2, -0.15) is 0 Å². The number of benzene rings is 4. The Morgan fingerprint density at radius 1 is 0.756 bits per heavy atom. The second-order valence-corrected chi connectivity index (χ2v) is 9.86. The van der Waals surface area contributed by atoms with Crippen LogP contribution in [-0.2, 0) is 35.9 Å². The summed E-state index contributed by atoms with van der Waals surface area (Å²) in [4.78, 5) is 11.8. The fourth-order valence-electron chi connectivity index (χ4n) is 4.84. The van der Waals surface area contributed by atoms with Gasteiger partial charge in [-0.25, -0.2) is 4.79 Å². The van der Waals surface area contributed by atoms with Crippen molar-refractivity contribution in [1.29, 1.82) is 0 Å². The van der Waals surface area contributed by atoms with E-state index in [4.69, 9.17) is 18.9 Å². The third kappa shape index (κ3) is 8.24. The van der Waals surface area contributed by atoms with Crippen molar-refractivity contribution in [1.82, 2.24) is 0 Å². The highest BCUT2D eigenvalue weighted by molar-refractivity contribution is 5.81. The second-order valence-electron chi connectivity index (χ2n) is 9.86. The molecule has 0 N–H and O–H groups in total. The van der Waals surface area contributed by atoms with Crippen LogP contribution in [0.4, 0.5) is 0 Å². The Morgan fingerprint density at radius 2 is 1.24 bits per heavy atom. The summed E-state index contributed by atoms with van der Waals surface area (Å²) in [6, 6.07) is 40.9. The van der Waals surface area contributed by atoms with E-state index in [9.17, 15) is 4.79 Å². The minimum atomic E-state index is -0.791. The van der Waals surface area contributed by atoms with E-state index in [1.807, 2.05) is 84.9 Å². The fourth-order valence-corrected chi connectivity index (χ4v) is 4.84. The molecule has 4 aromatic rings. The van der Waals surface area contributed by atoms with Crippen LogP contribution in [0.5, 0.6) is 0 Å². The number of carbonyl (C=O) groups excluding carboxylic acids is 1. The number of carbonyl (C=O) groups is 1. The first-order valence-corrected chi connectivity index (χ1v) is 13.9. The lowest BCUT2D eigenvalue weighted by atomic mass is 9.80. The van der Waals surface area contributed by atoms with Crippen molar-refractivity contribution < 1.29 is 23.7 Å². The summed E-state index contributed by atoms with van der Waals surface area (Å²) in [6.07, 6.45) is 3.46. The van der Waals surface area contributed by atoms with E-state index >= 15 is 0 Å². The van der Waals surface area contributed by atoms with E-state index in [0.29, 0.717) is 19.6 Å². The summed E-state index contributed by atoms with van der Waals surface area (Å²) in [7, 11) is 1.36. The minimum absolute atomic E-state index is 0.0243. The van der Waals surface area contributed by atoms with Gasteiger partial charge < -0.3 is 18.9 Å². The van der Waals surface area contributed by atoms with Gasteiger partial charge in [0, 0.05) is 12.7 Å². The van der Waals surface area contributed by atoms with E-state index in [1.54, 1.807) is 6.08 Å². The first-order chi connectivity index (χ1) is 20.1. The quantitative estimate of drug-likeness (QED) is 0.0511. The molecular weight excluding hydrogens is 512 g/mol. The van der Waals surface area contributed by atoms with Crippen LogP contribution in [0.3, 0.4) is 0 Å². The van der Waals surface area contributed by atoms with Gasteiger partial charge in [0.25, 0.3) is 0 Å². The molecule has 0 aliphatic rings. The van der Waals surface area contributed by atoms with Gasteiger partial charge in [0.15, 0.2) is 0 Å². The Morgan fingerprint density at radius 3 is 1.73 bits per heavy atom. The molecule has 212 valence electrons. The molecule has 0 aliphatic heterocycles. The SMILES string of the molecule is COC(=O)/C=C/[C@@H](OCOCc1ccccc1)[C@@H](C)CCOC(c1ccccc1)(c1ccccc1)c1ccccc1. The Hall–Kier alpha value is -4.03.